The average Bonchev–Trinajstić information content (AvgIpc) is 2.53. The van der Waals surface area contributed by atoms with Crippen molar-refractivity contribution in [1.82, 2.24) is 4.98 Å². The lowest BCUT2D eigenvalue weighted by molar-refractivity contribution is 0.415. The number of hydrogen-bond donors (Lipinski definition) is 1. The normalized spacial score (nSPS) is 10.6. The van der Waals surface area contributed by atoms with Crippen LogP contribution in [0.2, 0.25) is 0 Å². The SMILES string of the molecule is CNc1ccc(-c2ccc3cc(OC)ccc3n2)cc1F. The van der Waals surface area contributed by atoms with E-state index in [1.54, 1.807) is 20.2 Å². The van der Waals surface area contributed by atoms with Crippen LogP contribution in [0.1, 0.15) is 0 Å². The molecule has 106 valence electrons. The second-order valence-electron chi connectivity index (χ2n) is 4.70. The van der Waals surface area contributed by atoms with E-state index in [1.807, 2.05) is 36.4 Å². The van der Waals surface area contributed by atoms with Crippen molar-refractivity contribution in [2.24, 2.45) is 0 Å². The van der Waals surface area contributed by atoms with Crippen LogP contribution < -0.4 is 10.1 Å². The highest BCUT2D eigenvalue weighted by Crippen LogP contribution is 2.26. The van der Waals surface area contributed by atoms with Crippen molar-refractivity contribution in [2.45, 2.75) is 0 Å². The molecule has 0 radical (unpaired) electrons. The van der Waals surface area contributed by atoms with Gasteiger partial charge in [0.15, 0.2) is 0 Å². The molecule has 0 amide bonds. The molecule has 3 rings (SSSR count). The summed E-state index contributed by atoms with van der Waals surface area (Å²) in [5.74, 6) is 0.507. The van der Waals surface area contributed by atoms with Gasteiger partial charge < -0.3 is 10.1 Å². The van der Waals surface area contributed by atoms with Crippen molar-refractivity contribution in [3.63, 3.8) is 0 Å². The van der Waals surface area contributed by atoms with Gasteiger partial charge >= 0.3 is 0 Å². The molecular formula is C17H15FN2O. The van der Waals surface area contributed by atoms with E-state index < -0.39 is 0 Å². The first kappa shape index (κ1) is 13.4. The fourth-order valence-corrected chi connectivity index (χ4v) is 2.27. The highest BCUT2D eigenvalue weighted by molar-refractivity contribution is 5.83. The van der Waals surface area contributed by atoms with Gasteiger partial charge in [0.2, 0.25) is 0 Å². The van der Waals surface area contributed by atoms with E-state index in [1.165, 1.54) is 6.07 Å². The molecule has 0 aliphatic heterocycles. The molecule has 0 saturated heterocycles. The van der Waals surface area contributed by atoms with Crippen LogP contribution in [0.5, 0.6) is 5.75 Å². The minimum atomic E-state index is -0.286. The molecule has 3 nitrogen and oxygen atoms in total. The molecular weight excluding hydrogens is 267 g/mol. The predicted molar refractivity (Wildman–Crippen MR) is 83.2 cm³/mol. The number of aromatic nitrogens is 1. The van der Waals surface area contributed by atoms with Crippen LogP contribution in [0.15, 0.2) is 48.5 Å². The lowest BCUT2D eigenvalue weighted by Crippen LogP contribution is -1.93. The van der Waals surface area contributed by atoms with Crippen LogP contribution in [-0.4, -0.2) is 19.1 Å². The summed E-state index contributed by atoms with van der Waals surface area (Å²) < 4.78 is 19.0. The Hall–Kier alpha value is -2.62. The molecule has 0 aliphatic carbocycles. The van der Waals surface area contributed by atoms with Crippen LogP contribution in [0, 0.1) is 5.82 Å². The first-order valence-electron chi connectivity index (χ1n) is 6.64. The molecule has 0 fully saturated rings. The van der Waals surface area contributed by atoms with Crippen molar-refractivity contribution in [3.05, 3.63) is 54.3 Å². The van der Waals surface area contributed by atoms with Crippen molar-refractivity contribution in [2.75, 3.05) is 19.5 Å². The van der Waals surface area contributed by atoms with Gasteiger partial charge in [-0.3, -0.25) is 0 Å². The van der Waals surface area contributed by atoms with Crippen LogP contribution in [0.4, 0.5) is 10.1 Å². The van der Waals surface area contributed by atoms with Gasteiger partial charge in [-0.05, 0) is 36.4 Å². The molecule has 0 aliphatic rings. The predicted octanol–water partition coefficient (Wildman–Crippen LogP) is 4.09. The number of halogens is 1. The van der Waals surface area contributed by atoms with Crippen LogP contribution in [0.3, 0.4) is 0 Å². The summed E-state index contributed by atoms with van der Waals surface area (Å²) in [7, 11) is 3.33. The van der Waals surface area contributed by atoms with Gasteiger partial charge in [0, 0.05) is 18.0 Å². The second kappa shape index (κ2) is 5.40. The Kier molecular flexibility index (Phi) is 3.44. The van der Waals surface area contributed by atoms with E-state index in [0.29, 0.717) is 5.69 Å². The maximum absolute atomic E-state index is 13.8. The van der Waals surface area contributed by atoms with Crippen molar-refractivity contribution in [1.29, 1.82) is 0 Å². The second-order valence-corrected chi connectivity index (χ2v) is 4.70. The monoisotopic (exact) mass is 282 g/mol. The Morgan fingerprint density at radius 3 is 2.62 bits per heavy atom. The summed E-state index contributed by atoms with van der Waals surface area (Å²) in [6.07, 6.45) is 0. The first-order chi connectivity index (χ1) is 10.2. The zero-order valence-corrected chi connectivity index (χ0v) is 11.9. The summed E-state index contributed by atoms with van der Waals surface area (Å²) in [4.78, 5) is 4.57. The van der Waals surface area contributed by atoms with E-state index in [4.69, 9.17) is 4.74 Å². The largest absolute Gasteiger partial charge is 0.497 e. The van der Waals surface area contributed by atoms with Gasteiger partial charge in [-0.15, -0.1) is 0 Å². The van der Waals surface area contributed by atoms with Crippen molar-refractivity contribution < 1.29 is 9.13 Å². The first-order valence-corrected chi connectivity index (χ1v) is 6.64. The van der Waals surface area contributed by atoms with Gasteiger partial charge in [-0.1, -0.05) is 12.1 Å². The molecule has 4 heteroatoms. The minimum Gasteiger partial charge on any atom is -0.497 e. The van der Waals surface area contributed by atoms with Gasteiger partial charge in [0.05, 0.1) is 24.0 Å². The summed E-state index contributed by atoms with van der Waals surface area (Å²) in [6, 6.07) is 14.6. The van der Waals surface area contributed by atoms with Gasteiger partial charge in [0.25, 0.3) is 0 Å². The Labute approximate surface area is 122 Å². The quantitative estimate of drug-likeness (QED) is 0.785. The van der Waals surface area contributed by atoms with E-state index in [-0.39, 0.29) is 5.82 Å². The number of hydrogen-bond acceptors (Lipinski definition) is 3. The zero-order chi connectivity index (χ0) is 14.8. The molecule has 0 bridgehead atoms. The number of benzene rings is 2. The van der Waals surface area contributed by atoms with E-state index in [0.717, 1.165) is 27.9 Å². The van der Waals surface area contributed by atoms with Gasteiger partial charge in [0.1, 0.15) is 11.6 Å². The third-order valence-electron chi connectivity index (χ3n) is 3.43. The molecule has 3 aromatic rings. The summed E-state index contributed by atoms with van der Waals surface area (Å²) in [5, 5.41) is 3.80. The number of rotatable bonds is 3. The maximum Gasteiger partial charge on any atom is 0.146 e. The number of fused-ring (bicyclic) bond motifs is 1. The summed E-state index contributed by atoms with van der Waals surface area (Å²) in [6.45, 7) is 0. The Balaban J connectivity index is 2.06. The lowest BCUT2D eigenvalue weighted by atomic mass is 10.1. The lowest BCUT2D eigenvalue weighted by Gasteiger charge is -2.07. The zero-order valence-electron chi connectivity index (χ0n) is 11.9. The fourth-order valence-electron chi connectivity index (χ4n) is 2.27. The third-order valence-corrected chi connectivity index (χ3v) is 3.43. The van der Waals surface area contributed by atoms with E-state index >= 15 is 0 Å². The van der Waals surface area contributed by atoms with Gasteiger partial charge in [-0.2, -0.15) is 0 Å². The number of anilines is 1. The standard InChI is InChI=1S/C17H15FN2O/c1-19-17-7-4-12(10-14(17)18)15-6-3-11-9-13(21-2)5-8-16(11)20-15/h3-10,19H,1-2H3. The smallest absolute Gasteiger partial charge is 0.146 e. The van der Waals surface area contributed by atoms with Gasteiger partial charge in [-0.25, -0.2) is 9.37 Å². The molecule has 0 spiro atoms. The molecule has 0 saturated carbocycles. The van der Waals surface area contributed by atoms with E-state index in [9.17, 15) is 4.39 Å². The van der Waals surface area contributed by atoms with E-state index in [2.05, 4.69) is 10.3 Å². The Morgan fingerprint density at radius 2 is 1.90 bits per heavy atom. The molecule has 1 heterocycles. The maximum atomic E-state index is 13.8. The topological polar surface area (TPSA) is 34.1 Å². The fraction of sp³-hybridized carbons (Fsp3) is 0.118. The van der Waals surface area contributed by atoms with Crippen LogP contribution >= 0.6 is 0 Å². The molecule has 2 aromatic carbocycles. The average molecular weight is 282 g/mol. The summed E-state index contributed by atoms with van der Waals surface area (Å²) in [5.41, 5.74) is 2.83. The number of nitrogens with one attached hydrogen (secondary N) is 1. The highest BCUT2D eigenvalue weighted by atomic mass is 19.1. The Morgan fingerprint density at radius 1 is 1.05 bits per heavy atom. The third kappa shape index (κ3) is 2.52. The molecule has 0 unspecified atom stereocenters. The van der Waals surface area contributed by atoms with Crippen molar-refractivity contribution >= 4 is 16.6 Å². The van der Waals surface area contributed by atoms with Crippen LogP contribution in [0.25, 0.3) is 22.2 Å². The summed E-state index contributed by atoms with van der Waals surface area (Å²) >= 11 is 0. The highest BCUT2D eigenvalue weighted by Gasteiger charge is 2.06. The minimum absolute atomic E-state index is 0.286. The van der Waals surface area contributed by atoms with Crippen molar-refractivity contribution in [3.8, 4) is 17.0 Å². The Bertz CT molecular complexity index is 802. The number of methoxy groups -OCH3 is 1. The number of nitrogens with zero attached hydrogens (tertiary/aromatic N) is 1. The molecule has 1 aromatic heterocycles. The van der Waals surface area contributed by atoms with Crippen LogP contribution in [-0.2, 0) is 0 Å². The molecule has 21 heavy (non-hydrogen) atoms. The number of ether oxygens (including phenoxy) is 1. The molecule has 1 N–H and O–H groups in total. The number of pyridine rings is 1. The molecule has 0 atom stereocenters.